The van der Waals surface area contributed by atoms with Gasteiger partial charge in [-0.2, -0.15) is 0 Å². The molecule has 76 valence electrons. The van der Waals surface area contributed by atoms with Crippen molar-refractivity contribution in [3.05, 3.63) is 12.7 Å². The standard InChI is InChI=1S/C11H20O2/c1-6-8(4)11(13)9(5)10(12)7(2)3/h6-10,12H,1H2,2-5H3/t8-,9+,10-/m0/s1. The van der Waals surface area contributed by atoms with E-state index in [-0.39, 0.29) is 23.5 Å². The molecule has 0 aromatic heterocycles. The van der Waals surface area contributed by atoms with E-state index in [0.717, 1.165) is 0 Å². The maximum absolute atomic E-state index is 11.6. The van der Waals surface area contributed by atoms with Crippen LogP contribution >= 0.6 is 0 Å². The monoisotopic (exact) mass is 184 g/mol. The van der Waals surface area contributed by atoms with E-state index in [2.05, 4.69) is 6.58 Å². The second kappa shape index (κ2) is 5.18. The summed E-state index contributed by atoms with van der Waals surface area (Å²) in [6, 6.07) is 0. The molecule has 3 atom stereocenters. The zero-order valence-corrected chi connectivity index (χ0v) is 8.95. The van der Waals surface area contributed by atoms with Crippen molar-refractivity contribution >= 4 is 5.78 Å². The number of rotatable bonds is 5. The molecule has 0 heterocycles. The van der Waals surface area contributed by atoms with Crippen LogP contribution in [-0.4, -0.2) is 17.0 Å². The number of hydrogen-bond acceptors (Lipinski definition) is 2. The Bertz CT molecular complexity index is 185. The Kier molecular flexibility index (Phi) is 4.92. The molecule has 0 amide bonds. The minimum atomic E-state index is -0.546. The number of aliphatic hydroxyl groups excluding tert-OH is 1. The number of aliphatic hydroxyl groups is 1. The number of hydrogen-bond donors (Lipinski definition) is 1. The summed E-state index contributed by atoms with van der Waals surface area (Å²) < 4.78 is 0. The molecule has 0 aromatic carbocycles. The molecular formula is C11H20O2. The lowest BCUT2D eigenvalue weighted by Crippen LogP contribution is -2.32. The molecule has 0 radical (unpaired) electrons. The van der Waals surface area contributed by atoms with E-state index in [4.69, 9.17) is 0 Å². The van der Waals surface area contributed by atoms with Crippen molar-refractivity contribution in [3.63, 3.8) is 0 Å². The predicted molar refractivity (Wildman–Crippen MR) is 54.4 cm³/mol. The molecule has 0 bridgehead atoms. The lowest BCUT2D eigenvalue weighted by molar-refractivity contribution is -0.128. The van der Waals surface area contributed by atoms with Gasteiger partial charge >= 0.3 is 0 Å². The fourth-order valence-corrected chi connectivity index (χ4v) is 1.28. The lowest BCUT2D eigenvalue weighted by Gasteiger charge is -2.22. The fourth-order valence-electron chi connectivity index (χ4n) is 1.28. The SMILES string of the molecule is C=C[C@H](C)C(=O)[C@H](C)[C@@H](O)C(C)C. The van der Waals surface area contributed by atoms with Crippen molar-refractivity contribution in [2.45, 2.75) is 33.8 Å². The molecule has 13 heavy (non-hydrogen) atoms. The quantitative estimate of drug-likeness (QED) is 0.664. The van der Waals surface area contributed by atoms with E-state index >= 15 is 0 Å². The van der Waals surface area contributed by atoms with Crippen molar-refractivity contribution in [2.24, 2.45) is 17.8 Å². The van der Waals surface area contributed by atoms with Crippen LogP contribution in [0, 0.1) is 17.8 Å². The van der Waals surface area contributed by atoms with Crippen LogP contribution < -0.4 is 0 Å². The zero-order chi connectivity index (χ0) is 10.6. The predicted octanol–water partition coefficient (Wildman–Crippen LogP) is 2.03. The van der Waals surface area contributed by atoms with Crippen LogP contribution in [0.15, 0.2) is 12.7 Å². The van der Waals surface area contributed by atoms with Gasteiger partial charge in [0.05, 0.1) is 6.10 Å². The van der Waals surface area contributed by atoms with Gasteiger partial charge in [-0.3, -0.25) is 4.79 Å². The molecule has 0 aliphatic rings. The molecule has 0 aliphatic heterocycles. The van der Waals surface area contributed by atoms with E-state index < -0.39 is 6.10 Å². The second-order valence-corrected chi connectivity index (χ2v) is 3.95. The Labute approximate surface area is 80.7 Å². The van der Waals surface area contributed by atoms with E-state index in [1.807, 2.05) is 13.8 Å². The van der Waals surface area contributed by atoms with E-state index in [9.17, 15) is 9.90 Å². The second-order valence-electron chi connectivity index (χ2n) is 3.95. The molecule has 0 spiro atoms. The summed E-state index contributed by atoms with van der Waals surface area (Å²) in [5.41, 5.74) is 0. The van der Waals surface area contributed by atoms with Crippen LogP contribution in [0.25, 0.3) is 0 Å². The smallest absolute Gasteiger partial charge is 0.144 e. The van der Waals surface area contributed by atoms with Crippen molar-refractivity contribution in [1.29, 1.82) is 0 Å². The van der Waals surface area contributed by atoms with Gasteiger partial charge in [-0.05, 0) is 5.92 Å². The first-order valence-corrected chi connectivity index (χ1v) is 4.76. The summed E-state index contributed by atoms with van der Waals surface area (Å²) >= 11 is 0. The Balaban J connectivity index is 4.33. The van der Waals surface area contributed by atoms with E-state index in [1.54, 1.807) is 19.9 Å². The highest BCUT2D eigenvalue weighted by Gasteiger charge is 2.26. The summed E-state index contributed by atoms with van der Waals surface area (Å²) in [4.78, 5) is 11.6. The third-order valence-electron chi connectivity index (χ3n) is 2.45. The third kappa shape index (κ3) is 3.31. The maximum atomic E-state index is 11.6. The fraction of sp³-hybridized carbons (Fsp3) is 0.727. The summed E-state index contributed by atoms with van der Waals surface area (Å²) in [6.07, 6.45) is 1.07. The molecule has 2 heteroatoms. The highest BCUT2D eigenvalue weighted by molar-refractivity contribution is 5.84. The Morgan fingerprint density at radius 1 is 1.31 bits per heavy atom. The Morgan fingerprint density at radius 3 is 2.08 bits per heavy atom. The average Bonchev–Trinajstić information content (AvgIpc) is 2.12. The normalized spacial score (nSPS) is 18.0. The number of carbonyl (C=O) groups is 1. The molecule has 0 saturated heterocycles. The lowest BCUT2D eigenvalue weighted by atomic mass is 9.86. The molecule has 0 fully saturated rings. The number of ketones is 1. The molecule has 0 saturated carbocycles. The largest absolute Gasteiger partial charge is 0.392 e. The maximum Gasteiger partial charge on any atom is 0.144 e. The average molecular weight is 184 g/mol. The van der Waals surface area contributed by atoms with E-state index in [0.29, 0.717) is 0 Å². The summed E-state index contributed by atoms with van der Waals surface area (Å²) in [5, 5.41) is 9.65. The number of carbonyl (C=O) groups excluding carboxylic acids is 1. The third-order valence-corrected chi connectivity index (χ3v) is 2.45. The minimum Gasteiger partial charge on any atom is -0.392 e. The molecule has 1 N–H and O–H groups in total. The molecule has 0 rings (SSSR count). The van der Waals surface area contributed by atoms with Crippen LogP contribution in [-0.2, 0) is 4.79 Å². The van der Waals surface area contributed by atoms with Crippen LogP contribution in [0.2, 0.25) is 0 Å². The highest BCUT2D eigenvalue weighted by Crippen LogP contribution is 2.17. The number of allylic oxidation sites excluding steroid dienone is 1. The van der Waals surface area contributed by atoms with Gasteiger partial charge in [-0.15, -0.1) is 6.58 Å². The minimum absolute atomic E-state index is 0.0659. The van der Waals surface area contributed by atoms with Gasteiger partial charge in [0.1, 0.15) is 5.78 Å². The molecule has 2 nitrogen and oxygen atoms in total. The highest BCUT2D eigenvalue weighted by atomic mass is 16.3. The number of Topliss-reactive ketones (excluding diaryl/α,β-unsaturated/α-hetero) is 1. The summed E-state index contributed by atoms with van der Waals surface area (Å²) in [6.45, 7) is 11.0. The summed E-state index contributed by atoms with van der Waals surface area (Å²) in [5.74, 6) is -0.274. The Morgan fingerprint density at radius 2 is 1.77 bits per heavy atom. The van der Waals surface area contributed by atoms with Crippen molar-refractivity contribution in [3.8, 4) is 0 Å². The van der Waals surface area contributed by atoms with Crippen LogP contribution in [0.1, 0.15) is 27.7 Å². The first-order chi connectivity index (χ1) is 5.91. The molecule has 0 unspecified atom stereocenters. The van der Waals surface area contributed by atoms with E-state index in [1.165, 1.54) is 0 Å². The molecule has 0 aliphatic carbocycles. The topological polar surface area (TPSA) is 37.3 Å². The van der Waals surface area contributed by atoms with Crippen LogP contribution in [0.5, 0.6) is 0 Å². The zero-order valence-electron chi connectivity index (χ0n) is 8.95. The molecular weight excluding hydrogens is 164 g/mol. The van der Waals surface area contributed by atoms with Crippen molar-refractivity contribution < 1.29 is 9.90 Å². The van der Waals surface area contributed by atoms with Crippen LogP contribution in [0.3, 0.4) is 0 Å². The Hall–Kier alpha value is -0.630. The van der Waals surface area contributed by atoms with Gasteiger partial charge in [0.2, 0.25) is 0 Å². The van der Waals surface area contributed by atoms with Crippen LogP contribution in [0.4, 0.5) is 0 Å². The van der Waals surface area contributed by atoms with Gasteiger partial charge in [0.25, 0.3) is 0 Å². The first kappa shape index (κ1) is 12.4. The first-order valence-electron chi connectivity index (χ1n) is 4.76. The van der Waals surface area contributed by atoms with Gasteiger partial charge in [0, 0.05) is 11.8 Å². The van der Waals surface area contributed by atoms with Crippen molar-refractivity contribution in [1.82, 2.24) is 0 Å². The van der Waals surface area contributed by atoms with Gasteiger partial charge in [-0.25, -0.2) is 0 Å². The molecule has 0 aromatic rings. The summed E-state index contributed by atoms with van der Waals surface area (Å²) in [7, 11) is 0. The van der Waals surface area contributed by atoms with Gasteiger partial charge in [-0.1, -0.05) is 33.8 Å². The van der Waals surface area contributed by atoms with Crippen molar-refractivity contribution in [2.75, 3.05) is 0 Å². The van der Waals surface area contributed by atoms with Gasteiger partial charge in [0.15, 0.2) is 0 Å². The van der Waals surface area contributed by atoms with Gasteiger partial charge < -0.3 is 5.11 Å².